The lowest BCUT2D eigenvalue weighted by atomic mass is 10.3. The van der Waals surface area contributed by atoms with E-state index in [0.29, 0.717) is 6.61 Å². The van der Waals surface area contributed by atoms with Crippen molar-refractivity contribution in [2.75, 3.05) is 6.61 Å². The molecule has 0 aromatic rings. The predicted octanol–water partition coefficient (Wildman–Crippen LogP) is 2.13. The molecule has 64 valence electrons. The van der Waals surface area contributed by atoms with Crippen LogP contribution in [0.3, 0.4) is 0 Å². The fraction of sp³-hybridized carbons (Fsp3) is 0.889. The van der Waals surface area contributed by atoms with E-state index in [9.17, 15) is 4.79 Å². The highest BCUT2D eigenvalue weighted by Gasteiger charge is 2.30. The summed E-state index contributed by atoms with van der Waals surface area (Å²) in [6.07, 6.45) is 5.47. The molecule has 0 aromatic carbocycles. The third-order valence-corrected chi connectivity index (χ3v) is 1.90. The number of rotatable bonds is 5. The molecule has 0 bridgehead atoms. The molecule has 2 nitrogen and oxygen atoms in total. The van der Waals surface area contributed by atoms with Crippen LogP contribution in [-0.2, 0) is 9.53 Å². The molecule has 0 saturated heterocycles. The predicted molar refractivity (Wildman–Crippen MR) is 43.2 cm³/mol. The second kappa shape index (κ2) is 4.37. The Kier molecular flexibility index (Phi) is 3.40. The smallest absolute Gasteiger partial charge is 0.308 e. The molecule has 0 heterocycles. The molecule has 1 aliphatic carbocycles. The van der Waals surface area contributed by atoms with Gasteiger partial charge < -0.3 is 4.74 Å². The Labute approximate surface area is 67.9 Å². The molecule has 0 N–H and O–H groups in total. The lowest BCUT2D eigenvalue weighted by Gasteiger charge is -2.01. The van der Waals surface area contributed by atoms with Gasteiger partial charge in [-0.1, -0.05) is 19.8 Å². The summed E-state index contributed by atoms with van der Waals surface area (Å²) in [6.45, 7) is 2.77. The number of carbonyl (C=O) groups is 1. The van der Waals surface area contributed by atoms with Crippen molar-refractivity contribution in [3.8, 4) is 0 Å². The van der Waals surface area contributed by atoms with Gasteiger partial charge in [-0.05, 0) is 19.3 Å². The van der Waals surface area contributed by atoms with Gasteiger partial charge in [-0.15, -0.1) is 0 Å². The SMILES string of the molecule is CCCCCOC(=O)C1CC1. The molecule has 0 spiro atoms. The minimum atomic E-state index is 0.0288. The zero-order valence-electron chi connectivity index (χ0n) is 7.14. The summed E-state index contributed by atoms with van der Waals surface area (Å²) in [4.78, 5) is 10.9. The average molecular weight is 156 g/mol. The quantitative estimate of drug-likeness (QED) is 0.450. The third-order valence-electron chi connectivity index (χ3n) is 1.90. The number of ether oxygens (including phenoxy) is 1. The van der Waals surface area contributed by atoms with Gasteiger partial charge in [0.15, 0.2) is 0 Å². The largest absolute Gasteiger partial charge is 0.465 e. The molecule has 1 aliphatic rings. The summed E-state index contributed by atoms with van der Waals surface area (Å²) in [5.41, 5.74) is 0. The van der Waals surface area contributed by atoms with Crippen molar-refractivity contribution in [3.05, 3.63) is 0 Å². The lowest BCUT2D eigenvalue weighted by molar-refractivity contribution is -0.145. The highest BCUT2D eigenvalue weighted by Crippen LogP contribution is 2.30. The van der Waals surface area contributed by atoms with Gasteiger partial charge in [0.25, 0.3) is 0 Å². The minimum Gasteiger partial charge on any atom is -0.465 e. The van der Waals surface area contributed by atoms with Crippen LogP contribution in [0.4, 0.5) is 0 Å². The van der Waals surface area contributed by atoms with Gasteiger partial charge in [0.2, 0.25) is 0 Å². The Morgan fingerprint density at radius 2 is 2.18 bits per heavy atom. The molecule has 0 atom stereocenters. The molecule has 0 aliphatic heterocycles. The molecular formula is C9H16O2. The Hall–Kier alpha value is -0.530. The van der Waals surface area contributed by atoms with Crippen LogP contribution in [0.15, 0.2) is 0 Å². The Morgan fingerprint density at radius 1 is 1.45 bits per heavy atom. The Balaban J connectivity index is 1.89. The van der Waals surface area contributed by atoms with Crippen LogP contribution >= 0.6 is 0 Å². The summed E-state index contributed by atoms with van der Waals surface area (Å²) < 4.78 is 5.03. The average Bonchev–Trinajstić information content (AvgIpc) is 2.79. The fourth-order valence-electron chi connectivity index (χ4n) is 0.962. The number of carbonyl (C=O) groups excluding carboxylic acids is 1. The van der Waals surface area contributed by atoms with Crippen LogP contribution in [0, 0.1) is 5.92 Å². The summed E-state index contributed by atoms with van der Waals surface area (Å²) in [7, 11) is 0. The van der Waals surface area contributed by atoms with E-state index in [1.807, 2.05) is 0 Å². The summed E-state index contributed by atoms with van der Waals surface area (Å²) in [5, 5.41) is 0. The molecule has 2 heteroatoms. The molecule has 1 fully saturated rings. The monoisotopic (exact) mass is 156 g/mol. The molecule has 0 radical (unpaired) electrons. The van der Waals surface area contributed by atoms with Crippen LogP contribution in [0.2, 0.25) is 0 Å². The zero-order chi connectivity index (χ0) is 8.10. The molecule has 11 heavy (non-hydrogen) atoms. The van der Waals surface area contributed by atoms with Crippen molar-refractivity contribution in [1.82, 2.24) is 0 Å². The van der Waals surface area contributed by atoms with Gasteiger partial charge >= 0.3 is 5.97 Å². The molecule has 0 aromatic heterocycles. The summed E-state index contributed by atoms with van der Waals surface area (Å²) in [5.74, 6) is 0.290. The van der Waals surface area contributed by atoms with Crippen LogP contribution in [0.25, 0.3) is 0 Å². The van der Waals surface area contributed by atoms with E-state index >= 15 is 0 Å². The topological polar surface area (TPSA) is 26.3 Å². The number of hydrogen-bond donors (Lipinski definition) is 0. The highest BCUT2D eigenvalue weighted by molar-refractivity contribution is 5.74. The molecule has 1 rings (SSSR count). The van der Waals surface area contributed by atoms with Gasteiger partial charge in [-0.2, -0.15) is 0 Å². The van der Waals surface area contributed by atoms with E-state index < -0.39 is 0 Å². The number of esters is 1. The first-order valence-corrected chi connectivity index (χ1v) is 4.51. The third kappa shape index (κ3) is 3.40. The van der Waals surface area contributed by atoms with E-state index in [1.165, 1.54) is 6.42 Å². The van der Waals surface area contributed by atoms with Crippen molar-refractivity contribution in [2.24, 2.45) is 5.92 Å². The van der Waals surface area contributed by atoms with Gasteiger partial charge in [-0.25, -0.2) is 0 Å². The second-order valence-electron chi connectivity index (χ2n) is 3.15. The van der Waals surface area contributed by atoms with Crippen LogP contribution in [0.5, 0.6) is 0 Å². The van der Waals surface area contributed by atoms with E-state index in [-0.39, 0.29) is 11.9 Å². The van der Waals surface area contributed by atoms with E-state index in [2.05, 4.69) is 6.92 Å². The van der Waals surface area contributed by atoms with Crippen molar-refractivity contribution in [1.29, 1.82) is 0 Å². The van der Waals surface area contributed by atoms with Gasteiger partial charge in [0.05, 0.1) is 12.5 Å². The first-order chi connectivity index (χ1) is 5.34. The molecule has 1 saturated carbocycles. The minimum absolute atomic E-state index is 0.0288. The van der Waals surface area contributed by atoms with Crippen LogP contribution in [-0.4, -0.2) is 12.6 Å². The van der Waals surface area contributed by atoms with Crippen molar-refractivity contribution in [3.63, 3.8) is 0 Å². The molecular weight excluding hydrogens is 140 g/mol. The van der Waals surface area contributed by atoms with Gasteiger partial charge in [0, 0.05) is 0 Å². The molecule has 0 amide bonds. The van der Waals surface area contributed by atoms with Gasteiger partial charge in [-0.3, -0.25) is 4.79 Å². The summed E-state index contributed by atoms with van der Waals surface area (Å²) in [6, 6.07) is 0. The maximum absolute atomic E-state index is 10.9. The van der Waals surface area contributed by atoms with Gasteiger partial charge in [0.1, 0.15) is 0 Å². The van der Waals surface area contributed by atoms with Crippen molar-refractivity contribution in [2.45, 2.75) is 39.0 Å². The lowest BCUT2D eigenvalue weighted by Crippen LogP contribution is -2.07. The molecule has 0 unspecified atom stereocenters. The first-order valence-electron chi connectivity index (χ1n) is 4.51. The zero-order valence-corrected chi connectivity index (χ0v) is 7.14. The Bertz CT molecular complexity index is 128. The fourth-order valence-corrected chi connectivity index (χ4v) is 0.962. The first kappa shape index (κ1) is 8.57. The summed E-state index contributed by atoms with van der Waals surface area (Å²) >= 11 is 0. The second-order valence-corrected chi connectivity index (χ2v) is 3.15. The standard InChI is InChI=1S/C9H16O2/c1-2-3-4-7-11-9(10)8-5-6-8/h8H,2-7H2,1H3. The van der Waals surface area contributed by atoms with E-state index in [0.717, 1.165) is 25.7 Å². The highest BCUT2D eigenvalue weighted by atomic mass is 16.5. The van der Waals surface area contributed by atoms with E-state index in [1.54, 1.807) is 0 Å². The normalized spacial score (nSPS) is 16.5. The van der Waals surface area contributed by atoms with Crippen molar-refractivity contribution < 1.29 is 9.53 Å². The Morgan fingerprint density at radius 3 is 2.73 bits per heavy atom. The van der Waals surface area contributed by atoms with Crippen LogP contribution < -0.4 is 0 Å². The number of unbranched alkanes of at least 4 members (excludes halogenated alkanes) is 2. The van der Waals surface area contributed by atoms with Crippen LogP contribution in [0.1, 0.15) is 39.0 Å². The number of hydrogen-bond acceptors (Lipinski definition) is 2. The maximum Gasteiger partial charge on any atom is 0.308 e. The maximum atomic E-state index is 10.9. The van der Waals surface area contributed by atoms with Crippen molar-refractivity contribution >= 4 is 5.97 Å². The van der Waals surface area contributed by atoms with E-state index in [4.69, 9.17) is 4.74 Å².